The third-order valence-electron chi connectivity index (χ3n) is 3.43. The molecule has 100 valence electrons. The van der Waals surface area contributed by atoms with Crippen LogP contribution in [0.4, 0.5) is 5.69 Å². The zero-order valence-electron chi connectivity index (χ0n) is 12.0. The van der Waals surface area contributed by atoms with Crippen LogP contribution in [0.25, 0.3) is 0 Å². The lowest BCUT2D eigenvalue weighted by Gasteiger charge is -2.49. The number of rotatable bonds is 1. The van der Waals surface area contributed by atoms with Gasteiger partial charge in [0.2, 0.25) is 0 Å². The first kappa shape index (κ1) is 13.7. The number of halogens is 1. The van der Waals surface area contributed by atoms with Gasteiger partial charge in [-0.3, -0.25) is 0 Å². The average molecular weight is 267 g/mol. The Kier molecular flexibility index (Phi) is 3.37. The molecule has 1 saturated heterocycles. The third-order valence-corrected chi connectivity index (χ3v) is 3.84. The van der Waals surface area contributed by atoms with Gasteiger partial charge in [-0.05, 0) is 52.3 Å². The molecule has 18 heavy (non-hydrogen) atoms. The van der Waals surface area contributed by atoms with Gasteiger partial charge < -0.3 is 10.2 Å². The summed E-state index contributed by atoms with van der Waals surface area (Å²) in [5, 5.41) is 4.54. The third kappa shape index (κ3) is 2.81. The van der Waals surface area contributed by atoms with E-state index >= 15 is 0 Å². The van der Waals surface area contributed by atoms with Gasteiger partial charge >= 0.3 is 0 Å². The van der Waals surface area contributed by atoms with Crippen molar-refractivity contribution in [1.82, 2.24) is 5.32 Å². The molecule has 1 aliphatic rings. The quantitative estimate of drug-likeness (QED) is 0.835. The van der Waals surface area contributed by atoms with Crippen LogP contribution in [0, 0.1) is 6.92 Å². The van der Waals surface area contributed by atoms with E-state index in [9.17, 15) is 0 Å². The Labute approximate surface area is 115 Å². The van der Waals surface area contributed by atoms with Crippen molar-refractivity contribution in [2.75, 3.05) is 18.0 Å². The SMILES string of the molecule is Cc1c(Cl)cccc1N1CC(C)(C)NC(C)(C)C1. The van der Waals surface area contributed by atoms with E-state index < -0.39 is 0 Å². The van der Waals surface area contributed by atoms with Crippen molar-refractivity contribution >= 4 is 17.3 Å². The number of nitrogens with zero attached hydrogens (tertiary/aromatic N) is 1. The van der Waals surface area contributed by atoms with E-state index in [1.807, 2.05) is 12.1 Å². The Balaban J connectivity index is 2.36. The standard InChI is InChI=1S/C15H23ClN2/c1-11-12(16)7-6-8-13(11)18-9-14(2,3)17-15(4,5)10-18/h6-8,17H,9-10H2,1-5H3. The maximum Gasteiger partial charge on any atom is 0.0455 e. The van der Waals surface area contributed by atoms with E-state index in [-0.39, 0.29) is 11.1 Å². The number of piperazine rings is 1. The minimum absolute atomic E-state index is 0.108. The largest absolute Gasteiger partial charge is 0.368 e. The highest BCUT2D eigenvalue weighted by Gasteiger charge is 2.36. The van der Waals surface area contributed by atoms with Crippen molar-refractivity contribution in [2.24, 2.45) is 0 Å². The molecule has 3 heteroatoms. The van der Waals surface area contributed by atoms with Crippen LogP contribution in [0.1, 0.15) is 33.3 Å². The Bertz CT molecular complexity index is 436. The molecule has 2 rings (SSSR count). The van der Waals surface area contributed by atoms with Crippen LogP contribution in [-0.4, -0.2) is 24.2 Å². The molecule has 0 amide bonds. The topological polar surface area (TPSA) is 15.3 Å². The average Bonchev–Trinajstić information content (AvgIpc) is 2.17. The van der Waals surface area contributed by atoms with Crippen LogP contribution in [0.2, 0.25) is 5.02 Å². The van der Waals surface area contributed by atoms with Gasteiger partial charge in [-0.15, -0.1) is 0 Å². The molecule has 0 aromatic heterocycles. The summed E-state index contributed by atoms with van der Waals surface area (Å²) in [6, 6.07) is 6.16. The molecular formula is C15H23ClN2. The number of nitrogens with one attached hydrogen (secondary N) is 1. The minimum atomic E-state index is 0.108. The predicted octanol–water partition coefficient (Wildman–Crippen LogP) is 3.62. The molecular weight excluding hydrogens is 244 g/mol. The first-order valence-electron chi connectivity index (χ1n) is 6.50. The van der Waals surface area contributed by atoms with Gasteiger partial charge in [-0.1, -0.05) is 17.7 Å². The van der Waals surface area contributed by atoms with Crippen LogP contribution < -0.4 is 10.2 Å². The summed E-state index contributed by atoms with van der Waals surface area (Å²) in [4.78, 5) is 2.44. The van der Waals surface area contributed by atoms with Gasteiger partial charge in [0, 0.05) is 34.9 Å². The Hall–Kier alpha value is -0.730. The van der Waals surface area contributed by atoms with Crippen LogP contribution in [0.15, 0.2) is 18.2 Å². The van der Waals surface area contributed by atoms with Crippen LogP contribution in [-0.2, 0) is 0 Å². The van der Waals surface area contributed by atoms with Crippen LogP contribution >= 0.6 is 11.6 Å². The molecule has 0 spiro atoms. The van der Waals surface area contributed by atoms with Crippen molar-refractivity contribution in [3.8, 4) is 0 Å². The fourth-order valence-corrected chi connectivity index (χ4v) is 3.28. The molecule has 0 saturated carbocycles. The fraction of sp³-hybridized carbons (Fsp3) is 0.600. The van der Waals surface area contributed by atoms with Crippen molar-refractivity contribution in [2.45, 2.75) is 45.7 Å². The monoisotopic (exact) mass is 266 g/mol. The maximum absolute atomic E-state index is 6.23. The van der Waals surface area contributed by atoms with E-state index in [2.05, 4.69) is 50.9 Å². The number of benzene rings is 1. The van der Waals surface area contributed by atoms with Crippen molar-refractivity contribution in [3.63, 3.8) is 0 Å². The van der Waals surface area contributed by atoms with Crippen molar-refractivity contribution in [3.05, 3.63) is 28.8 Å². The summed E-state index contributed by atoms with van der Waals surface area (Å²) < 4.78 is 0. The number of hydrogen-bond acceptors (Lipinski definition) is 2. The molecule has 1 heterocycles. The Morgan fingerprint density at radius 2 is 1.67 bits per heavy atom. The zero-order valence-corrected chi connectivity index (χ0v) is 12.7. The normalized spacial score (nSPS) is 22.0. The highest BCUT2D eigenvalue weighted by Crippen LogP contribution is 2.31. The lowest BCUT2D eigenvalue weighted by atomic mass is 9.90. The summed E-state index contributed by atoms with van der Waals surface area (Å²) in [5.41, 5.74) is 2.64. The molecule has 1 aromatic carbocycles. The van der Waals surface area contributed by atoms with Gasteiger partial charge in [0.15, 0.2) is 0 Å². The molecule has 1 aromatic rings. The van der Waals surface area contributed by atoms with E-state index in [1.165, 1.54) is 11.3 Å². The summed E-state index contributed by atoms with van der Waals surface area (Å²) in [6.07, 6.45) is 0. The molecule has 0 bridgehead atoms. The van der Waals surface area contributed by atoms with Gasteiger partial charge in [-0.25, -0.2) is 0 Å². The Morgan fingerprint density at radius 1 is 1.11 bits per heavy atom. The Morgan fingerprint density at radius 3 is 2.22 bits per heavy atom. The van der Waals surface area contributed by atoms with E-state index in [4.69, 9.17) is 11.6 Å². The van der Waals surface area contributed by atoms with E-state index in [1.54, 1.807) is 0 Å². The molecule has 2 nitrogen and oxygen atoms in total. The molecule has 1 N–H and O–H groups in total. The maximum atomic E-state index is 6.23. The summed E-state index contributed by atoms with van der Waals surface area (Å²) >= 11 is 6.23. The second-order valence-corrected chi connectivity index (χ2v) is 7.04. The van der Waals surface area contributed by atoms with Gasteiger partial charge in [0.25, 0.3) is 0 Å². The highest BCUT2D eigenvalue weighted by molar-refractivity contribution is 6.31. The summed E-state index contributed by atoms with van der Waals surface area (Å²) in [6.45, 7) is 13.1. The van der Waals surface area contributed by atoms with Gasteiger partial charge in [-0.2, -0.15) is 0 Å². The molecule has 0 unspecified atom stereocenters. The highest BCUT2D eigenvalue weighted by atomic mass is 35.5. The zero-order chi connectivity index (χ0) is 13.6. The first-order chi connectivity index (χ1) is 8.20. The number of anilines is 1. The molecule has 0 aliphatic carbocycles. The lowest BCUT2D eigenvalue weighted by molar-refractivity contribution is 0.226. The van der Waals surface area contributed by atoms with E-state index in [0.29, 0.717) is 0 Å². The van der Waals surface area contributed by atoms with Crippen molar-refractivity contribution < 1.29 is 0 Å². The fourth-order valence-electron chi connectivity index (χ4n) is 3.11. The predicted molar refractivity (Wildman–Crippen MR) is 79.7 cm³/mol. The number of hydrogen-bond donors (Lipinski definition) is 1. The molecule has 1 fully saturated rings. The first-order valence-corrected chi connectivity index (χ1v) is 6.87. The molecule has 0 atom stereocenters. The summed E-state index contributed by atoms with van der Waals surface area (Å²) in [5.74, 6) is 0. The smallest absolute Gasteiger partial charge is 0.0455 e. The van der Waals surface area contributed by atoms with Crippen LogP contribution in [0.3, 0.4) is 0 Å². The van der Waals surface area contributed by atoms with Gasteiger partial charge in [0.1, 0.15) is 0 Å². The lowest BCUT2D eigenvalue weighted by Crippen LogP contribution is -2.67. The van der Waals surface area contributed by atoms with Crippen molar-refractivity contribution in [1.29, 1.82) is 0 Å². The van der Waals surface area contributed by atoms with E-state index in [0.717, 1.165) is 18.1 Å². The minimum Gasteiger partial charge on any atom is -0.368 e. The van der Waals surface area contributed by atoms with Crippen LogP contribution in [0.5, 0.6) is 0 Å². The second kappa shape index (κ2) is 4.43. The second-order valence-electron chi connectivity index (χ2n) is 6.63. The molecule has 0 radical (unpaired) electrons. The van der Waals surface area contributed by atoms with Gasteiger partial charge in [0.05, 0.1) is 0 Å². The summed E-state index contributed by atoms with van der Waals surface area (Å²) in [7, 11) is 0. The molecule has 1 aliphatic heterocycles.